The maximum Gasteiger partial charge on any atom is 0.339 e. The predicted octanol–water partition coefficient (Wildman–Crippen LogP) is 1.62. The van der Waals surface area contributed by atoms with Crippen molar-refractivity contribution in [3.05, 3.63) is 47.3 Å². The van der Waals surface area contributed by atoms with Crippen molar-refractivity contribution < 1.29 is 14.7 Å². The SMILES string of the molecule is CCCc1c(C(=O)O)cnn1-c1ccc(C(N)=O)cc1. The molecule has 0 spiro atoms. The van der Waals surface area contributed by atoms with E-state index in [9.17, 15) is 9.59 Å². The van der Waals surface area contributed by atoms with Gasteiger partial charge in [0.15, 0.2) is 0 Å². The maximum atomic E-state index is 11.2. The minimum atomic E-state index is -0.992. The summed E-state index contributed by atoms with van der Waals surface area (Å²) in [5, 5.41) is 13.3. The van der Waals surface area contributed by atoms with E-state index in [0.717, 1.165) is 6.42 Å². The van der Waals surface area contributed by atoms with Crippen LogP contribution < -0.4 is 5.73 Å². The number of aromatic nitrogens is 2. The average molecular weight is 273 g/mol. The number of carboxylic acid groups (broad SMARTS) is 1. The summed E-state index contributed by atoms with van der Waals surface area (Å²) in [6.07, 6.45) is 2.76. The zero-order valence-electron chi connectivity index (χ0n) is 11.0. The number of aromatic carboxylic acids is 1. The van der Waals surface area contributed by atoms with E-state index in [0.29, 0.717) is 23.4 Å². The Labute approximate surface area is 115 Å². The molecule has 0 aliphatic heterocycles. The van der Waals surface area contributed by atoms with Crippen molar-refractivity contribution in [1.82, 2.24) is 9.78 Å². The maximum absolute atomic E-state index is 11.2. The van der Waals surface area contributed by atoms with Crippen molar-refractivity contribution in [1.29, 1.82) is 0 Å². The molecule has 3 N–H and O–H groups in total. The first-order valence-corrected chi connectivity index (χ1v) is 6.25. The average Bonchev–Trinajstić information content (AvgIpc) is 2.83. The molecular formula is C14H15N3O3. The van der Waals surface area contributed by atoms with Gasteiger partial charge in [0, 0.05) is 5.56 Å². The zero-order chi connectivity index (χ0) is 14.7. The molecule has 0 unspecified atom stereocenters. The highest BCUT2D eigenvalue weighted by molar-refractivity contribution is 5.93. The summed E-state index contributed by atoms with van der Waals surface area (Å²) in [5.74, 6) is -1.49. The molecule has 20 heavy (non-hydrogen) atoms. The van der Waals surface area contributed by atoms with Crippen LogP contribution in [0.25, 0.3) is 5.69 Å². The van der Waals surface area contributed by atoms with Crippen LogP contribution in [0.2, 0.25) is 0 Å². The monoisotopic (exact) mass is 273 g/mol. The van der Waals surface area contributed by atoms with Crippen LogP contribution in [-0.2, 0) is 6.42 Å². The van der Waals surface area contributed by atoms with E-state index >= 15 is 0 Å². The number of nitrogens with two attached hydrogens (primary N) is 1. The lowest BCUT2D eigenvalue weighted by Crippen LogP contribution is -2.11. The first kappa shape index (κ1) is 13.8. The number of benzene rings is 1. The Morgan fingerprint density at radius 3 is 2.45 bits per heavy atom. The minimum Gasteiger partial charge on any atom is -0.478 e. The van der Waals surface area contributed by atoms with Gasteiger partial charge in [-0.3, -0.25) is 4.79 Å². The molecule has 0 fully saturated rings. The van der Waals surface area contributed by atoms with Crippen molar-refractivity contribution >= 4 is 11.9 Å². The molecule has 0 bridgehead atoms. The number of hydrogen-bond acceptors (Lipinski definition) is 3. The van der Waals surface area contributed by atoms with Crippen molar-refractivity contribution in [2.24, 2.45) is 5.73 Å². The number of carboxylic acids is 1. The lowest BCUT2D eigenvalue weighted by atomic mass is 10.1. The second kappa shape index (κ2) is 5.56. The van der Waals surface area contributed by atoms with Gasteiger partial charge < -0.3 is 10.8 Å². The van der Waals surface area contributed by atoms with Gasteiger partial charge in [-0.25, -0.2) is 9.48 Å². The van der Waals surface area contributed by atoms with E-state index in [1.165, 1.54) is 6.20 Å². The molecule has 1 heterocycles. The Bertz CT molecular complexity index is 644. The highest BCUT2D eigenvalue weighted by atomic mass is 16.4. The van der Waals surface area contributed by atoms with Crippen LogP contribution in [0.4, 0.5) is 0 Å². The number of carbonyl (C=O) groups is 2. The number of rotatable bonds is 5. The van der Waals surface area contributed by atoms with Gasteiger partial charge in [-0.1, -0.05) is 13.3 Å². The highest BCUT2D eigenvalue weighted by Gasteiger charge is 2.16. The molecule has 0 radical (unpaired) electrons. The fourth-order valence-electron chi connectivity index (χ4n) is 2.02. The van der Waals surface area contributed by atoms with Crippen molar-refractivity contribution in [2.45, 2.75) is 19.8 Å². The molecule has 2 rings (SSSR count). The topological polar surface area (TPSA) is 98.2 Å². The van der Waals surface area contributed by atoms with Crippen LogP contribution in [0.5, 0.6) is 0 Å². The van der Waals surface area contributed by atoms with E-state index in [-0.39, 0.29) is 5.56 Å². The highest BCUT2D eigenvalue weighted by Crippen LogP contribution is 2.17. The Balaban J connectivity index is 2.46. The molecule has 0 saturated heterocycles. The van der Waals surface area contributed by atoms with Crippen molar-refractivity contribution in [2.75, 3.05) is 0 Å². The Hall–Kier alpha value is -2.63. The van der Waals surface area contributed by atoms with Gasteiger partial charge in [0.05, 0.1) is 17.6 Å². The number of carbonyl (C=O) groups excluding carboxylic acids is 1. The van der Waals surface area contributed by atoms with Gasteiger partial charge in [0.2, 0.25) is 5.91 Å². The van der Waals surface area contributed by atoms with Crippen LogP contribution in [0.15, 0.2) is 30.5 Å². The van der Waals surface area contributed by atoms with Gasteiger partial charge >= 0.3 is 5.97 Å². The number of primary amides is 1. The Kier molecular flexibility index (Phi) is 3.84. The number of nitrogens with zero attached hydrogens (tertiary/aromatic N) is 2. The summed E-state index contributed by atoms with van der Waals surface area (Å²) in [6, 6.07) is 6.57. The minimum absolute atomic E-state index is 0.200. The molecule has 6 nitrogen and oxygen atoms in total. The fourth-order valence-corrected chi connectivity index (χ4v) is 2.02. The van der Waals surface area contributed by atoms with Crippen LogP contribution in [0.1, 0.15) is 39.8 Å². The second-order valence-electron chi connectivity index (χ2n) is 4.38. The van der Waals surface area contributed by atoms with Crippen LogP contribution in [-0.4, -0.2) is 26.8 Å². The summed E-state index contributed by atoms with van der Waals surface area (Å²) < 4.78 is 1.58. The molecule has 0 atom stereocenters. The number of hydrogen-bond donors (Lipinski definition) is 2. The molecular weight excluding hydrogens is 258 g/mol. The smallest absolute Gasteiger partial charge is 0.339 e. The first-order chi connectivity index (χ1) is 9.54. The Morgan fingerprint density at radius 2 is 1.95 bits per heavy atom. The largest absolute Gasteiger partial charge is 0.478 e. The van der Waals surface area contributed by atoms with E-state index < -0.39 is 11.9 Å². The lowest BCUT2D eigenvalue weighted by molar-refractivity contribution is 0.0695. The normalized spacial score (nSPS) is 10.4. The van der Waals surface area contributed by atoms with Gasteiger partial charge in [-0.15, -0.1) is 0 Å². The van der Waals surface area contributed by atoms with Crippen LogP contribution >= 0.6 is 0 Å². The molecule has 6 heteroatoms. The van der Waals surface area contributed by atoms with Gasteiger partial charge in [0.1, 0.15) is 5.56 Å². The first-order valence-electron chi connectivity index (χ1n) is 6.25. The number of amides is 1. The summed E-state index contributed by atoms with van der Waals surface area (Å²) in [7, 11) is 0. The molecule has 2 aromatic rings. The van der Waals surface area contributed by atoms with Gasteiger partial charge in [-0.2, -0.15) is 5.10 Å². The van der Waals surface area contributed by atoms with E-state index in [4.69, 9.17) is 10.8 Å². The third-order valence-corrected chi connectivity index (χ3v) is 2.98. The molecule has 1 aromatic carbocycles. The van der Waals surface area contributed by atoms with E-state index in [1.807, 2.05) is 6.92 Å². The van der Waals surface area contributed by atoms with E-state index in [1.54, 1.807) is 28.9 Å². The summed E-state index contributed by atoms with van der Waals surface area (Å²) in [6.45, 7) is 1.97. The standard InChI is InChI=1S/C14H15N3O3/c1-2-3-12-11(14(19)20)8-16-17(12)10-6-4-9(5-7-10)13(15)18/h4-8H,2-3H2,1H3,(H2,15,18)(H,19,20). The second-order valence-corrected chi connectivity index (χ2v) is 4.38. The van der Waals surface area contributed by atoms with Crippen molar-refractivity contribution in [3.63, 3.8) is 0 Å². The molecule has 1 amide bonds. The molecule has 104 valence electrons. The third-order valence-electron chi connectivity index (χ3n) is 2.98. The Morgan fingerprint density at radius 1 is 1.30 bits per heavy atom. The van der Waals surface area contributed by atoms with E-state index in [2.05, 4.69) is 5.10 Å². The zero-order valence-corrected chi connectivity index (χ0v) is 11.0. The predicted molar refractivity (Wildman–Crippen MR) is 73.0 cm³/mol. The van der Waals surface area contributed by atoms with Gasteiger partial charge in [-0.05, 0) is 30.7 Å². The summed E-state index contributed by atoms with van der Waals surface area (Å²) in [4.78, 5) is 22.2. The molecule has 1 aromatic heterocycles. The summed E-state index contributed by atoms with van der Waals surface area (Å²) >= 11 is 0. The lowest BCUT2D eigenvalue weighted by Gasteiger charge is -2.08. The molecule has 0 aliphatic rings. The van der Waals surface area contributed by atoms with Crippen molar-refractivity contribution in [3.8, 4) is 5.69 Å². The third kappa shape index (κ3) is 2.54. The quantitative estimate of drug-likeness (QED) is 0.864. The fraction of sp³-hybridized carbons (Fsp3) is 0.214. The van der Waals surface area contributed by atoms with Crippen LogP contribution in [0.3, 0.4) is 0 Å². The van der Waals surface area contributed by atoms with Gasteiger partial charge in [0.25, 0.3) is 0 Å². The molecule has 0 saturated carbocycles. The summed E-state index contributed by atoms with van der Waals surface area (Å²) in [5.41, 5.74) is 7.13. The van der Waals surface area contributed by atoms with Crippen LogP contribution in [0, 0.1) is 0 Å². The molecule has 0 aliphatic carbocycles.